The summed E-state index contributed by atoms with van der Waals surface area (Å²) in [6, 6.07) is 5.27. The highest BCUT2D eigenvalue weighted by Gasteiger charge is 2.15. The zero-order chi connectivity index (χ0) is 12.1. The van der Waals surface area contributed by atoms with E-state index >= 15 is 0 Å². The van der Waals surface area contributed by atoms with Crippen molar-refractivity contribution in [2.45, 2.75) is 26.3 Å². The second-order valence-electron chi connectivity index (χ2n) is 3.52. The number of hydrogen-bond donors (Lipinski definition) is 1. The van der Waals surface area contributed by atoms with Gasteiger partial charge in [-0.2, -0.15) is 0 Å². The van der Waals surface area contributed by atoms with Gasteiger partial charge in [-0.1, -0.05) is 30.7 Å². The van der Waals surface area contributed by atoms with Crippen molar-refractivity contribution in [1.29, 1.82) is 0 Å². The number of carbonyl (C=O) groups excluding carboxylic acids is 1. The number of aryl methyl sites for hydroxylation is 1. The van der Waals surface area contributed by atoms with E-state index in [4.69, 9.17) is 11.6 Å². The van der Waals surface area contributed by atoms with Crippen molar-refractivity contribution in [3.63, 3.8) is 0 Å². The number of nitrogens with one attached hydrogen (secondary N) is 1. The Kier molecular flexibility index (Phi) is 4.62. The van der Waals surface area contributed by atoms with E-state index in [1.165, 1.54) is 7.11 Å². The lowest BCUT2D eigenvalue weighted by Gasteiger charge is -2.17. The molecule has 0 heterocycles. The van der Waals surface area contributed by atoms with Crippen molar-refractivity contribution < 1.29 is 9.53 Å². The Bertz CT molecular complexity index is 379. The summed E-state index contributed by atoms with van der Waals surface area (Å²) in [6.07, 6.45) is 0.858. The molecule has 0 aliphatic rings. The van der Waals surface area contributed by atoms with Crippen molar-refractivity contribution in [2.24, 2.45) is 0 Å². The number of halogens is 1. The predicted molar refractivity (Wildman–Crippen MR) is 65.9 cm³/mol. The Morgan fingerprint density at radius 1 is 1.56 bits per heavy atom. The molecule has 1 atom stereocenters. The molecule has 1 aromatic carbocycles. The minimum absolute atomic E-state index is 0.304. The van der Waals surface area contributed by atoms with Gasteiger partial charge in [0.15, 0.2) is 0 Å². The molecule has 16 heavy (non-hydrogen) atoms. The minimum atomic E-state index is -0.407. The van der Waals surface area contributed by atoms with Crippen LogP contribution >= 0.6 is 11.6 Å². The highest BCUT2D eigenvalue weighted by Crippen LogP contribution is 2.27. The number of rotatable bonds is 4. The molecule has 0 amide bonds. The number of benzene rings is 1. The van der Waals surface area contributed by atoms with Crippen LogP contribution in [0.5, 0.6) is 0 Å². The average molecular weight is 242 g/mol. The molecule has 0 unspecified atom stereocenters. The molecule has 4 heteroatoms. The highest BCUT2D eigenvalue weighted by atomic mass is 35.5. The summed E-state index contributed by atoms with van der Waals surface area (Å²) in [6.45, 7) is 3.79. The monoisotopic (exact) mass is 241 g/mol. The summed E-state index contributed by atoms with van der Waals surface area (Å²) in [4.78, 5) is 11.3. The van der Waals surface area contributed by atoms with Gasteiger partial charge >= 0.3 is 5.97 Å². The largest absolute Gasteiger partial charge is 0.467 e. The van der Waals surface area contributed by atoms with E-state index in [0.29, 0.717) is 5.02 Å². The second-order valence-corrected chi connectivity index (χ2v) is 3.92. The topological polar surface area (TPSA) is 38.3 Å². The molecular weight excluding hydrogens is 226 g/mol. The molecule has 0 fully saturated rings. The first-order valence-corrected chi connectivity index (χ1v) is 5.59. The minimum Gasteiger partial charge on any atom is -0.467 e. The molecule has 0 radical (unpaired) electrons. The summed E-state index contributed by atoms with van der Waals surface area (Å²) in [5, 5.41) is 3.69. The van der Waals surface area contributed by atoms with E-state index in [9.17, 15) is 4.79 Å². The standard InChI is InChI=1S/C12H16ClNO2/c1-4-9-6-5-7-10(13)11(9)14-8(2)12(15)16-3/h5-8,14H,4H2,1-3H3/t8-/m0/s1. The summed E-state index contributed by atoms with van der Waals surface area (Å²) in [5.41, 5.74) is 1.90. The molecule has 0 spiro atoms. The van der Waals surface area contributed by atoms with Crippen LogP contribution in [0, 0.1) is 0 Å². The normalized spacial score (nSPS) is 12.0. The highest BCUT2D eigenvalue weighted by molar-refractivity contribution is 6.33. The molecule has 0 bridgehead atoms. The van der Waals surface area contributed by atoms with Crippen LogP contribution in [-0.4, -0.2) is 19.1 Å². The van der Waals surface area contributed by atoms with Gasteiger partial charge in [-0.3, -0.25) is 0 Å². The maximum Gasteiger partial charge on any atom is 0.327 e. The fourth-order valence-electron chi connectivity index (χ4n) is 1.48. The molecule has 0 saturated heterocycles. The smallest absolute Gasteiger partial charge is 0.327 e. The van der Waals surface area contributed by atoms with Crippen LogP contribution in [0.4, 0.5) is 5.69 Å². The predicted octanol–water partition coefficient (Wildman–Crippen LogP) is 2.88. The van der Waals surface area contributed by atoms with Crippen LogP contribution in [0.3, 0.4) is 0 Å². The van der Waals surface area contributed by atoms with Crippen LogP contribution in [-0.2, 0) is 16.0 Å². The van der Waals surface area contributed by atoms with Crippen molar-refractivity contribution in [3.05, 3.63) is 28.8 Å². The van der Waals surface area contributed by atoms with E-state index in [1.807, 2.05) is 19.1 Å². The number of esters is 1. The third-order valence-corrected chi connectivity index (χ3v) is 2.71. The van der Waals surface area contributed by atoms with Crippen molar-refractivity contribution in [3.8, 4) is 0 Å². The van der Waals surface area contributed by atoms with Crippen molar-refractivity contribution in [1.82, 2.24) is 0 Å². The van der Waals surface area contributed by atoms with Gasteiger partial charge in [-0.15, -0.1) is 0 Å². The number of para-hydroxylation sites is 1. The lowest BCUT2D eigenvalue weighted by atomic mass is 10.1. The van der Waals surface area contributed by atoms with Crippen LogP contribution in [0.1, 0.15) is 19.4 Å². The summed E-state index contributed by atoms with van der Waals surface area (Å²) in [5.74, 6) is -0.304. The van der Waals surface area contributed by atoms with Crippen LogP contribution in [0.25, 0.3) is 0 Å². The van der Waals surface area contributed by atoms with Crippen molar-refractivity contribution >= 4 is 23.3 Å². The maximum absolute atomic E-state index is 11.3. The zero-order valence-corrected chi connectivity index (χ0v) is 10.5. The molecule has 0 aliphatic heterocycles. The zero-order valence-electron chi connectivity index (χ0n) is 9.71. The van der Waals surface area contributed by atoms with Gasteiger partial charge in [0, 0.05) is 0 Å². The Balaban J connectivity index is 2.91. The maximum atomic E-state index is 11.3. The fraction of sp³-hybridized carbons (Fsp3) is 0.417. The Hall–Kier alpha value is -1.22. The number of methoxy groups -OCH3 is 1. The first-order valence-electron chi connectivity index (χ1n) is 5.21. The van der Waals surface area contributed by atoms with Gasteiger partial charge < -0.3 is 10.1 Å². The van der Waals surface area contributed by atoms with Crippen molar-refractivity contribution in [2.75, 3.05) is 12.4 Å². The second kappa shape index (κ2) is 5.75. The molecule has 88 valence electrons. The lowest BCUT2D eigenvalue weighted by molar-refractivity contribution is -0.141. The fourth-order valence-corrected chi connectivity index (χ4v) is 1.73. The SMILES string of the molecule is CCc1cccc(Cl)c1N[C@@H](C)C(=O)OC. The molecule has 1 aromatic rings. The van der Waals surface area contributed by atoms with Gasteiger partial charge in [0.25, 0.3) is 0 Å². The molecule has 3 nitrogen and oxygen atoms in total. The van der Waals surface area contributed by atoms with E-state index in [-0.39, 0.29) is 5.97 Å². The van der Waals surface area contributed by atoms with Crippen LogP contribution in [0.15, 0.2) is 18.2 Å². The third kappa shape index (κ3) is 2.89. The first-order chi connectivity index (χ1) is 7.60. The molecule has 0 aliphatic carbocycles. The molecule has 1 N–H and O–H groups in total. The third-order valence-electron chi connectivity index (χ3n) is 2.40. The number of carbonyl (C=O) groups is 1. The molecular formula is C12H16ClNO2. The molecule has 0 aromatic heterocycles. The lowest BCUT2D eigenvalue weighted by Crippen LogP contribution is -2.27. The summed E-state index contributed by atoms with van der Waals surface area (Å²) < 4.78 is 4.65. The van der Waals surface area contributed by atoms with E-state index in [1.54, 1.807) is 13.0 Å². The number of ether oxygens (including phenoxy) is 1. The molecule has 0 saturated carbocycles. The Labute approximate surface area is 101 Å². The first kappa shape index (κ1) is 12.8. The average Bonchev–Trinajstić information content (AvgIpc) is 2.30. The van der Waals surface area contributed by atoms with E-state index < -0.39 is 6.04 Å². The van der Waals surface area contributed by atoms with Gasteiger partial charge in [0.1, 0.15) is 6.04 Å². The Morgan fingerprint density at radius 3 is 2.81 bits per heavy atom. The van der Waals surface area contributed by atoms with E-state index in [0.717, 1.165) is 17.7 Å². The van der Waals surface area contributed by atoms with Gasteiger partial charge in [0.05, 0.1) is 17.8 Å². The summed E-state index contributed by atoms with van der Waals surface area (Å²) >= 11 is 6.09. The van der Waals surface area contributed by atoms with E-state index in [2.05, 4.69) is 10.1 Å². The number of anilines is 1. The Morgan fingerprint density at radius 2 is 2.25 bits per heavy atom. The van der Waals surface area contributed by atoms with Crippen LogP contribution in [0.2, 0.25) is 5.02 Å². The summed E-state index contributed by atoms with van der Waals surface area (Å²) in [7, 11) is 1.37. The quantitative estimate of drug-likeness (QED) is 0.824. The van der Waals surface area contributed by atoms with Gasteiger partial charge in [-0.05, 0) is 25.0 Å². The molecule has 1 rings (SSSR count). The van der Waals surface area contributed by atoms with Crippen LogP contribution < -0.4 is 5.32 Å². The van der Waals surface area contributed by atoms with Gasteiger partial charge in [-0.25, -0.2) is 4.79 Å². The van der Waals surface area contributed by atoms with Gasteiger partial charge in [0.2, 0.25) is 0 Å². The number of hydrogen-bond acceptors (Lipinski definition) is 3.